The van der Waals surface area contributed by atoms with Crippen LogP contribution in [0.4, 0.5) is 4.79 Å². The van der Waals surface area contributed by atoms with Crippen molar-refractivity contribution in [3.05, 3.63) is 52.3 Å². The molecule has 182 valence electrons. The fourth-order valence-electron chi connectivity index (χ4n) is 3.18. The van der Waals surface area contributed by atoms with Crippen molar-refractivity contribution in [2.75, 3.05) is 20.5 Å². The van der Waals surface area contributed by atoms with Gasteiger partial charge in [0.2, 0.25) is 6.79 Å². The van der Waals surface area contributed by atoms with Crippen molar-refractivity contribution in [1.82, 2.24) is 9.78 Å². The number of carbonyl (C=O) groups excluding carboxylic acids is 2. The number of methoxy groups -OCH3 is 1. The standard InChI is InChI=1S/C25H31N3O6/c1-8-28-22(16(2)17(3)27-28)23(33-15-34-24(30)32-14-21(29)31-7)20(13-26)18-9-11-19(12-10-18)25(4,5)6/h9-12H,8,14-15H2,1-7H3/b23-20-. The predicted molar refractivity (Wildman–Crippen MR) is 125 cm³/mol. The molecular formula is C25H31N3O6. The Morgan fingerprint density at radius 1 is 1.09 bits per heavy atom. The molecule has 0 amide bonds. The maximum absolute atomic E-state index is 11.8. The molecule has 0 radical (unpaired) electrons. The first-order chi connectivity index (χ1) is 16.0. The highest BCUT2D eigenvalue weighted by molar-refractivity contribution is 5.94. The summed E-state index contributed by atoms with van der Waals surface area (Å²) in [5.74, 6) is -0.492. The molecule has 0 saturated carbocycles. The molecule has 0 saturated heterocycles. The van der Waals surface area contributed by atoms with Crippen LogP contribution in [-0.4, -0.2) is 42.4 Å². The van der Waals surface area contributed by atoms with Gasteiger partial charge in [0.25, 0.3) is 0 Å². The van der Waals surface area contributed by atoms with Gasteiger partial charge >= 0.3 is 12.1 Å². The average Bonchev–Trinajstić information content (AvgIpc) is 3.09. The minimum atomic E-state index is -1.10. The fourth-order valence-corrected chi connectivity index (χ4v) is 3.18. The molecule has 2 aromatic rings. The number of nitrogens with zero attached hydrogens (tertiary/aromatic N) is 3. The monoisotopic (exact) mass is 469 g/mol. The largest absolute Gasteiger partial charge is 0.511 e. The maximum Gasteiger partial charge on any atom is 0.511 e. The van der Waals surface area contributed by atoms with Gasteiger partial charge in [-0.2, -0.15) is 10.4 Å². The van der Waals surface area contributed by atoms with E-state index in [4.69, 9.17) is 9.47 Å². The lowest BCUT2D eigenvalue weighted by Crippen LogP contribution is -2.17. The van der Waals surface area contributed by atoms with E-state index in [1.807, 2.05) is 45.0 Å². The lowest BCUT2D eigenvalue weighted by molar-refractivity contribution is -0.145. The van der Waals surface area contributed by atoms with Crippen LogP contribution in [0.15, 0.2) is 24.3 Å². The zero-order valence-corrected chi connectivity index (χ0v) is 20.7. The lowest BCUT2D eigenvalue weighted by atomic mass is 9.86. The van der Waals surface area contributed by atoms with E-state index < -0.39 is 25.5 Å². The Bertz CT molecular complexity index is 1100. The molecular weight excluding hydrogens is 438 g/mol. The Balaban J connectivity index is 2.44. The maximum atomic E-state index is 11.8. The molecule has 1 aromatic carbocycles. The van der Waals surface area contributed by atoms with Gasteiger partial charge in [-0.1, -0.05) is 45.0 Å². The number of hydrogen-bond donors (Lipinski definition) is 0. The number of aryl methyl sites for hydroxylation is 2. The van der Waals surface area contributed by atoms with Crippen molar-refractivity contribution in [2.45, 2.75) is 53.5 Å². The molecule has 0 spiro atoms. The summed E-state index contributed by atoms with van der Waals surface area (Å²) in [6.07, 6.45) is -1.10. The van der Waals surface area contributed by atoms with E-state index in [1.165, 1.54) is 7.11 Å². The summed E-state index contributed by atoms with van der Waals surface area (Å²) < 4.78 is 21.6. The molecule has 9 nitrogen and oxygen atoms in total. The average molecular weight is 470 g/mol. The molecule has 0 aliphatic heterocycles. The van der Waals surface area contributed by atoms with Gasteiger partial charge in [-0.15, -0.1) is 0 Å². The third-order valence-corrected chi connectivity index (χ3v) is 5.24. The van der Waals surface area contributed by atoms with E-state index in [-0.39, 0.29) is 16.7 Å². The summed E-state index contributed by atoms with van der Waals surface area (Å²) in [6, 6.07) is 9.90. The van der Waals surface area contributed by atoms with Crippen LogP contribution in [0.5, 0.6) is 0 Å². The quantitative estimate of drug-likeness (QED) is 0.240. The van der Waals surface area contributed by atoms with Crippen LogP contribution in [0.1, 0.15) is 55.8 Å². The van der Waals surface area contributed by atoms with Gasteiger partial charge in [0.1, 0.15) is 17.3 Å². The van der Waals surface area contributed by atoms with Crippen molar-refractivity contribution in [3.63, 3.8) is 0 Å². The Morgan fingerprint density at radius 3 is 2.26 bits per heavy atom. The second-order valence-electron chi connectivity index (χ2n) is 8.54. The van der Waals surface area contributed by atoms with Crippen LogP contribution >= 0.6 is 0 Å². The normalized spacial score (nSPS) is 11.8. The predicted octanol–water partition coefficient (Wildman–Crippen LogP) is 4.51. The topological polar surface area (TPSA) is 113 Å². The molecule has 0 bridgehead atoms. The van der Waals surface area contributed by atoms with Crippen LogP contribution < -0.4 is 0 Å². The summed E-state index contributed by atoms with van der Waals surface area (Å²) in [7, 11) is 1.18. The Morgan fingerprint density at radius 2 is 1.74 bits per heavy atom. The van der Waals surface area contributed by atoms with Crippen LogP contribution in [-0.2, 0) is 35.7 Å². The van der Waals surface area contributed by atoms with E-state index >= 15 is 0 Å². The van der Waals surface area contributed by atoms with E-state index in [9.17, 15) is 14.9 Å². The third-order valence-electron chi connectivity index (χ3n) is 5.24. The molecule has 0 fully saturated rings. The van der Waals surface area contributed by atoms with Crippen LogP contribution in [0.3, 0.4) is 0 Å². The Labute approximate surface area is 199 Å². The fraction of sp³-hybridized carbons (Fsp3) is 0.440. The summed E-state index contributed by atoms with van der Waals surface area (Å²) in [6.45, 7) is 11.4. The SMILES string of the molecule is CCn1nc(C)c(C)c1/C(OCOC(=O)OCC(=O)OC)=C(\C#N)c1ccc(C(C)(C)C)cc1. The number of ether oxygens (including phenoxy) is 4. The molecule has 0 aliphatic rings. The van der Waals surface area contributed by atoms with Crippen molar-refractivity contribution < 1.29 is 28.5 Å². The number of hydrogen-bond acceptors (Lipinski definition) is 8. The zero-order chi connectivity index (χ0) is 25.5. The van der Waals surface area contributed by atoms with Gasteiger partial charge in [0.15, 0.2) is 12.4 Å². The Kier molecular flexibility index (Phi) is 8.84. The minimum Gasteiger partial charge on any atom is -0.466 e. The van der Waals surface area contributed by atoms with Gasteiger partial charge in [-0.25, -0.2) is 9.59 Å². The first-order valence-corrected chi connectivity index (χ1v) is 10.8. The van der Waals surface area contributed by atoms with Crippen molar-refractivity contribution in [1.29, 1.82) is 5.26 Å². The number of aromatic nitrogens is 2. The first kappa shape index (κ1) is 26.5. The van der Waals surface area contributed by atoms with Crippen molar-refractivity contribution in [3.8, 4) is 6.07 Å². The van der Waals surface area contributed by atoms with Gasteiger partial charge in [-0.05, 0) is 37.3 Å². The van der Waals surface area contributed by atoms with Crippen molar-refractivity contribution >= 4 is 23.5 Å². The minimum absolute atomic E-state index is 0.0404. The number of rotatable bonds is 8. The smallest absolute Gasteiger partial charge is 0.466 e. The summed E-state index contributed by atoms with van der Waals surface area (Å²) in [4.78, 5) is 22.9. The number of benzene rings is 1. The van der Waals surface area contributed by atoms with Gasteiger partial charge < -0.3 is 18.9 Å². The molecule has 1 aromatic heterocycles. The van der Waals surface area contributed by atoms with Gasteiger partial charge in [0, 0.05) is 12.1 Å². The Hall–Kier alpha value is -3.80. The van der Waals surface area contributed by atoms with Gasteiger partial charge in [-0.3, -0.25) is 4.68 Å². The van der Waals surface area contributed by atoms with Crippen LogP contribution in [0.2, 0.25) is 0 Å². The molecule has 0 atom stereocenters. The number of allylic oxidation sites excluding steroid dienone is 1. The number of nitriles is 1. The molecule has 34 heavy (non-hydrogen) atoms. The van der Waals surface area contributed by atoms with Crippen LogP contribution in [0.25, 0.3) is 11.3 Å². The molecule has 2 rings (SSSR count). The number of esters is 1. The molecule has 1 heterocycles. The van der Waals surface area contributed by atoms with E-state index in [0.717, 1.165) is 16.8 Å². The summed E-state index contributed by atoms with van der Waals surface area (Å²) in [5.41, 5.74) is 4.24. The zero-order valence-electron chi connectivity index (χ0n) is 20.7. The molecule has 0 aliphatic carbocycles. The second kappa shape index (κ2) is 11.4. The van der Waals surface area contributed by atoms with Crippen molar-refractivity contribution in [2.24, 2.45) is 0 Å². The van der Waals surface area contributed by atoms with E-state index in [1.54, 1.807) is 4.68 Å². The first-order valence-electron chi connectivity index (χ1n) is 10.8. The van der Waals surface area contributed by atoms with Crippen LogP contribution in [0, 0.1) is 25.2 Å². The van der Waals surface area contributed by atoms with Gasteiger partial charge in [0.05, 0.1) is 12.8 Å². The lowest BCUT2D eigenvalue weighted by Gasteiger charge is -2.19. The highest BCUT2D eigenvalue weighted by atomic mass is 16.8. The van der Waals surface area contributed by atoms with E-state index in [2.05, 4.69) is 41.4 Å². The van der Waals surface area contributed by atoms with E-state index in [0.29, 0.717) is 17.8 Å². The molecule has 0 N–H and O–H groups in total. The highest BCUT2D eigenvalue weighted by Gasteiger charge is 2.23. The third kappa shape index (κ3) is 6.38. The molecule has 0 unspecified atom stereocenters. The molecule has 9 heteroatoms. The highest BCUT2D eigenvalue weighted by Crippen LogP contribution is 2.32. The summed E-state index contributed by atoms with van der Waals surface area (Å²) >= 11 is 0. The summed E-state index contributed by atoms with van der Waals surface area (Å²) in [5, 5.41) is 14.6. The number of carbonyl (C=O) groups is 2. The second-order valence-corrected chi connectivity index (χ2v) is 8.54.